The van der Waals surface area contributed by atoms with E-state index in [9.17, 15) is 9.59 Å². The molecule has 0 radical (unpaired) electrons. The molecule has 138 valence electrons. The van der Waals surface area contributed by atoms with Crippen molar-refractivity contribution in [2.75, 3.05) is 18.4 Å². The Bertz CT molecular complexity index is 748. The first kappa shape index (κ1) is 20.2. The number of anilines is 1. The van der Waals surface area contributed by atoms with E-state index in [0.29, 0.717) is 22.3 Å². The van der Waals surface area contributed by atoms with E-state index in [-0.39, 0.29) is 24.8 Å². The summed E-state index contributed by atoms with van der Waals surface area (Å²) in [6, 6.07) is 13.9. The number of nitrogens with two attached hydrogens (primary N) is 1. The molecule has 2 aromatic carbocycles. The largest absolute Gasteiger partial charge is 0.334 e. The van der Waals surface area contributed by atoms with Crippen LogP contribution in [0.5, 0.6) is 0 Å². The first-order chi connectivity index (χ1) is 12.4. The second-order valence-electron chi connectivity index (χ2n) is 5.77. The molecule has 2 rings (SSSR count). The van der Waals surface area contributed by atoms with Gasteiger partial charge in [-0.1, -0.05) is 59.6 Å². The monoisotopic (exact) mass is 393 g/mol. The van der Waals surface area contributed by atoms with Gasteiger partial charge in [0.2, 0.25) is 11.8 Å². The van der Waals surface area contributed by atoms with Crippen LogP contribution in [0.25, 0.3) is 0 Å². The zero-order valence-electron chi connectivity index (χ0n) is 14.4. The summed E-state index contributed by atoms with van der Waals surface area (Å²) in [6.07, 6.45) is 0.123. The molecule has 0 fully saturated rings. The molecule has 0 saturated carbocycles. The normalized spacial score (nSPS) is 11.7. The third kappa shape index (κ3) is 5.46. The molecule has 7 heteroatoms. The minimum Gasteiger partial charge on any atom is -0.334 e. The van der Waals surface area contributed by atoms with Crippen LogP contribution in [-0.4, -0.2) is 29.8 Å². The molecule has 5 nitrogen and oxygen atoms in total. The van der Waals surface area contributed by atoms with E-state index in [1.165, 1.54) is 4.90 Å². The van der Waals surface area contributed by atoms with Gasteiger partial charge >= 0.3 is 0 Å². The van der Waals surface area contributed by atoms with Gasteiger partial charge in [0.05, 0.1) is 22.3 Å². The summed E-state index contributed by atoms with van der Waals surface area (Å²) in [7, 11) is 0. The van der Waals surface area contributed by atoms with Gasteiger partial charge in [0.1, 0.15) is 0 Å². The molecular weight excluding hydrogens is 373 g/mol. The van der Waals surface area contributed by atoms with Crippen LogP contribution in [0, 0.1) is 0 Å². The van der Waals surface area contributed by atoms with Crippen molar-refractivity contribution in [3.63, 3.8) is 0 Å². The summed E-state index contributed by atoms with van der Waals surface area (Å²) in [6.45, 7) is 2.10. The predicted molar refractivity (Wildman–Crippen MR) is 105 cm³/mol. The van der Waals surface area contributed by atoms with E-state index in [1.807, 2.05) is 37.3 Å². The van der Waals surface area contributed by atoms with Crippen LogP contribution in [0.3, 0.4) is 0 Å². The highest BCUT2D eigenvalue weighted by Crippen LogP contribution is 2.29. The molecule has 1 unspecified atom stereocenters. The highest BCUT2D eigenvalue weighted by molar-refractivity contribution is 6.39. The molecule has 0 aliphatic carbocycles. The highest BCUT2D eigenvalue weighted by atomic mass is 35.5. The van der Waals surface area contributed by atoms with Gasteiger partial charge in [0.25, 0.3) is 0 Å². The Kier molecular flexibility index (Phi) is 7.45. The molecule has 1 atom stereocenters. The quantitative estimate of drug-likeness (QED) is 0.749. The van der Waals surface area contributed by atoms with Crippen molar-refractivity contribution in [3.8, 4) is 0 Å². The molecule has 0 bridgehead atoms. The van der Waals surface area contributed by atoms with Crippen molar-refractivity contribution in [2.45, 2.75) is 19.4 Å². The molecule has 26 heavy (non-hydrogen) atoms. The fraction of sp³-hybridized carbons (Fsp3) is 0.263. The number of hydrogen-bond donors (Lipinski definition) is 2. The Labute approximate surface area is 163 Å². The van der Waals surface area contributed by atoms with Crippen LogP contribution in [0.1, 0.15) is 24.9 Å². The molecule has 0 aliphatic heterocycles. The topological polar surface area (TPSA) is 75.4 Å². The molecule has 0 saturated heterocycles. The number of benzene rings is 2. The van der Waals surface area contributed by atoms with Gasteiger partial charge in [0.15, 0.2) is 0 Å². The molecule has 0 aromatic heterocycles. The Balaban J connectivity index is 1.97. The number of carbonyl (C=O) groups excluding carboxylic acids is 2. The number of hydrogen-bond acceptors (Lipinski definition) is 3. The predicted octanol–water partition coefficient (Wildman–Crippen LogP) is 3.87. The summed E-state index contributed by atoms with van der Waals surface area (Å²) in [4.78, 5) is 26.2. The van der Waals surface area contributed by atoms with Crippen LogP contribution < -0.4 is 11.1 Å². The van der Waals surface area contributed by atoms with Crippen molar-refractivity contribution < 1.29 is 9.59 Å². The first-order valence-electron chi connectivity index (χ1n) is 8.24. The summed E-state index contributed by atoms with van der Waals surface area (Å²) < 4.78 is 0. The fourth-order valence-electron chi connectivity index (χ4n) is 2.48. The van der Waals surface area contributed by atoms with Crippen LogP contribution >= 0.6 is 23.2 Å². The number of nitrogens with one attached hydrogen (secondary N) is 1. The second-order valence-corrected chi connectivity index (χ2v) is 6.59. The van der Waals surface area contributed by atoms with Crippen molar-refractivity contribution in [1.29, 1.82) is 0 Å². The molecule has 0 heterocycles. The number of halogens is 2. The third-order valence-corrected chi connectivity index (χ3v) is 4.55. The Morgan fingerprint density at radius 3 is 2.27 bits per heavy atom. The van der Waals surface area contributed by atoms with E-state index < -0.39 is 6.04 Å². The molecule has 0 aliphatic rings. The van der Waals surface area contributed by atoms with Gasteiger partial charge < -0.3 is 16.0 Å². The average molecular weight is 394 g/mol. The van der Waals surface area contributed by atoms with Gasteiger partial charge in [-0.3, -0.25) is 9.59 Å². The Morgan fingerprint density at radius 2 is 1.69 bits per heavy atom. The van der Waals surface area contributed by atoms with Crippen LogP contribution in [0.15, 0.2) is 48.5 Å². The lowest BCUT2D eigenvalue weighted by atomic mass is 10.0. The lowest BCUT2D eigenvalue weighted by Gasteiger charge is -2.22. The number of likely N-dealkylation sites (N-methyl/N-ethyl adjacent to an activating group) is 1. The van der Waals surface area contributed by atoms with Gasteiger partial charge in [-0.25, -0.2) is 0 Å². The minimum atomic E-state index is -0.418. The zero-order chi connectivity index (χ0) is 19.1. The maximum Gasteiger partial charge on any atom is 0.244 e. The van der Waals surface area contributed by atoms with Crippen molar-refractivity contribution in [2.24, 2.45) is 5.73 Å². The van der Waals surface area contributed by atoms with Gasteiger partial charge in [-0.15, -0.1) is 0 Å². The number of carbonyl (C=O) groups is 2. The Hall–Kier alpha value is -2.08. The standard InChI is InChI=1S/C19H21Cl2N3O2/c1-2-24(18(26)11-16(22)13-7-4-3-5-8-13)12-17(25)23-19-14(20)9-6-10-15(19)21/h3-10,16H,2,11-12,22H2,1H3,(H,23,25). The number of amides is 2. The average Bonchev–Trinajstić information content (AvgIpc) is 2.63. The third-order valence-electron chi connectivity index (χ3n) is 3.92. The number of nitrogens with zero attached hydrogens (tertiary/aromatic N) is 1. The summed E-state index contributed by atoms with van der Waals surface area (Å²) >= 11 is 12.1. The van der Waals surface area contributed by atoms with Crippen LogP contribution in [0.2, 0.25) is 10.0 Å². The van der Waals surface area contributed by atoms with E-state index >= 15 is 0 Å². The van der Waals surface area contributed by atoms with Gasteiger partial charge in [-0.05, 0) is 24.6 Å². The molecule has 2 amide bonds. The lowest BCUT2D eigenvalue weighted by Crippen LogP contribution is -2.39. The van der Waals surface area contributed by atoms with Crippen molar-refractivity contribution >= 4 is 40.7 Å². The highest BCUT2D eigenvalue weighted by Gasteiger charge is 2.20. The first-order valence-corrected chi connectivity index (χ1v) is 9.00. The smallest absolute Gasteiger partial charge is 0.244 e. The minimum absolute atomic E-state index is 0.0988. The molecule has 2 aromatic rings. The lowest BCUT2D eigenvalue weighted by molar-refractivity contribution is -0.134. The SMILES string of the molecule is CCN(CC(=O)Nc1c(Cl)cccc1Cl)C(=O)CC(N)c1ccccc1. The maximum atomic E-state index is 12.5. The maximum absolute atomic E-state index is 12.5. The second kappa shape index (κ2) is 9.57. The summed E-state index contributed by atoms with van der Waals surface area (Å²) in [5, 5.41) is 3.33. The summed E-state index contributed by atoms with van der Waals surface area (Å²) in [5.74, 6) is -0.562. The zero-order valence-corrected chi connectivity index (χ0v) is 15.9. The van der Waals surface area contributed by atoms with Crippen LogP contribution in [0.4, 0.5) is 5.69 Å². The molecule has 0 spiro atoms. The van der Waals surface area contributed by atoms with Gasteiger partial charge in [-0.2, -0.15) is 0 Å². The fourth-order valence-corrected chi connectivity index (χ4v) is 2.97. The van der Waals surface area contributed by atoms with Crippen molar-refractivity contribution in [1.82, 2.24) is 4.90 Å². The van der Waals surface area contributed by atoms with E-state index in [4.69, 9.17) is 28.9 Å². The van der Waals surface area contributed by atoms with E-state index in [0.717, 1.165) is 5.56 Å². The van der Waals surface area contributed by atoms with Crippen molar-refractivity contribution in [3.05, 3.63) is 64.1 Å². The molecule has 3 N–H and O–H groups in total. The summed E-state index contributed by atoms with van der Waals surface area (Å²) in [5.41, 5.74) is 7.32. The van der Waals surface area contributed by atoms with Crippen LogP contribution in [-0.2, 0) is 9.59 Å². The number of rotatable bonds is 7. The number of para-hydroxylation sites is 1. The molecular formula is C19H21Cl2N3O2. The Morgan fingerprint density at radius 1 is 1.08 bits per heavy atom. The van der Waals surface area contributed by atoms with E-state index in [2.05, 4.69) is 5.32 Å². The van der Waals surface area contributed by atoms with E-state index in [1.54, 1.807) is 18.2 Å². The van der Waals surface area contributed by atoms with Gasteiger partial charge in [0, 0.05) is 19.0 Å².